The van der Waals surface area contributed by atoms with Crippen molar-refractivity contribution in [2.24, 2.45) is 13.0 Å². The molecule has 1 aliphatic rings. The number of fused-ring (bicyclic) bond motifs is 1. The van der Waals surface area contributed by atoms with Crippen molar-refractivity contribution in [3.05, 3.63) is 41.0 Å². The van der Waals surface area contributed by atoms with Crippen molar-refractivity contribution in [3.63, 3.8) is 0 Å². The largest absolute Gasteiger partial charge is 0.356 e. The van der Waals surface area contributed by atoms with E-state index in [9.17, 15) is 4.79 Å². The zero-order valence-electron chi connectivity index (χ0n) is 17.0. The van der Waals surface area contributed by atoms with Crippen LogP contribution in [0.3, 0.4) is 0 Å². The quantitative estimate of drug-likeness (QED) is 0.691. The van der Waals surface area contributed by atoms with Gasteiger partial charge in [0.15, 0.2) is 5.65 Å². The highest BCUT2D eigenvalue weighted by Crippen LogP contribution is 2.27. The first kappa shape index (κ1) is 18.6. The summed E-state index contributed by atoms with van der Waals surface area (Å²) in [4.78, 5) is 28.0. The summed E-state index contributed by atoms with van der Waals surface area (Å²) >= 11 is 0. The maximum absolute atomic E-state index is 12.5. The molecule has 0 bridgehead atoms. The van der Waals surface area contributed by atoms with Gasteiger partial charge in [0.25, 0.3) is 5.56 Å². The second kappa shape index (κ2) is 7.00. The zero-order valence-corrected chi connectivity index (χ0v) is 17.0. The third kappa shape index (κ3) is 3.63. The van der Waals surface area contributed by atoms with Crippen molar-refractivity contribution in [2.45, 2.75) is 45.6 Å². The summed E-state index contributed by atoms with van der Waals surface area (Å²) in [5, 5.41) is 5.35. The molecule has 0 atom stereocenters. The topological polar surface area (TPSA) is 81.7 Å². The molecule has 0 N–H and O–H groups in total. The SMILES string of the molecule is Cn1cc2c(N3CCC(Cn4cnc(C(C)(C)C)cc4=O)CC3)ncnc2n1. The minimum Gasteiger partial charge on any atom is -0.356 e. The van der Waals surface area contributed by atoms with Gasteiger partial charge in [-0.05, 0) is 18.8 Å². The normalized spacial score (nSPS) is 16.1. The minimum atomic E-state index is -0.112. The van der Waals surface area contributed by atoms with E-state index in [4.69, 9.17) is 0 Å². The van der Waals surface area contributed by atoms with Crippen LogP contribution in [-0.2, 0) is 19.0 Å². The summed E-state index contributed by atoms with van der Waals surface area (Å²) in [6, 6.07) is 1.68. The highest BCUT2D eigenvalue weighted by atomic mass is 16.1. The predicted molar refractivity (Wildman–Crippen MR) is 108 cm³/mol. The second-order valence-electron chi connectivity index (χ2n) is 8.68. The van der Waals surface area contributed by atoms with E-state index in [1.165, 1.54) is 0 Å². The minimum absolute atomic E-state index is 0.0372. The lowest BCUT2D eigenvalue weighted by Crippen LogP contribution is -2.37. The van der Waals surface area contributed by atoms with Crippen molar-refractivity contribution in [1.82, 2.24) is 29.3 Å². The Labute approximate surface area is 164 Å². The van der Waals surface area contributed by atoms with Gasteiger partial charge in [-0.3, -0.25) is 14.0 Å². The van der Waals surface area contributed by atoms with Gasteiger partial charge in [-0.1, -0.05) is 20.8 Å². The van der Waals surface area contributed by atoms with Gasteiger partial charge in [0, 0.05) is 44.4 Å². The van der Waals surface area contributed by atoms with Crippen LogP contribution in [0.4, 0.5) is 5.82 Å². The Bertz CT molecular complexity index is 1040. The van der Waals surface area contributed by atoms with Gasteiger partial charge in [-0.2, -0.15) is 5.10 Å². The third-order valence-corrected chi connectivity index (χ3v) is 5.43. The van der Waals surface area contributed by atoms with Gasteiger partial charge in [0.2, 0.25) is 0 Å². The Morgan fingerprint density at radius 2 is 1.89 bits per heavy atom. The highest BCUT2D eigenvalue weighted by molar-refractivity contribution is 5.86. The lowest BCUT2D eigenvalue weighted by atomic mass is 9.92. The average Bonchev–Trinajstić information content (AvgIpc) is 3.03. The first-order valence-electron chi connectivity index (χ1n) is 9.77. The molecule has 0 amide bonds. The molecule has 0 aromatic carbocycles. The van der Waals surface area contributed by atoms with Gasteiger partial charge >= 0.3 is 0 Å². The van der Waals surface area contributed by atoms with E-state index < -0.39 is 0 Å². The molecular weight excluding hydrogens is 354 g/mol. The van der Waals surface area contributed by atoms with Gasteiger partial charge in [0.05, 0.1) is 17.4 Å². The molecule has 148 valence electrons. The van der Waals surface area contributed by atoms with E-state index in [1.807, 2.05) is 13.2 Å². The number of aryl methyl sites for hydroxylation is 1. The Kier molecular flexibility index (Phi) is 4.64. The molecule has 0 saturated carbocycles. The molecule has 0 spiro atoms. The molecule has 8 heteroatoms. The van der Waals surface area contributed by atoms with Crippen molar-refractivity contribution in [3.8, 4) is 0 Å². The van der Waals surface area contributed by atoms with Crippen LogP contribution in [0.2, 0.25) is 0 Å². The van der Waals surface area contributed by atoms with Crippen LogP contribution < -0.4 is 10.5 Å². The van der Waals surface area contributed by atoms with Crippen LogP contribution in [0.15, 0.2) is 29.7 Å². The van der Waals surface area contributed by atoms with E-state index in [0.29, 0.717) is 5.92 Å². The van der Waals surface area contributed by atoms with E-state index >= 15 is 0 Å². The van der Waals surface area contributed by atoms with Crippen LogP contribution in [0.25, 0.3) is 11.0 Å². The van der Waals surface area contributed by atoms with Gasteiger partial charge < -0.3 is 4.90 Å². The number of nitrogens with zero attached hydrogens (tertiary/aromatic N) is 7. The first-order valence-corrected chi connectivity index (χ1v) is 9.77. The molecule has 0 unspecified atom stereocenters. The standard InChI is InChI=1S/C20H27N7O/c1-20(2,3)16-9-17(28)27(13-23-16)10-14-5-7-26(8-6-14)19-15-11-25(4)24-18(15)21-12-22-19/h9,11-14H,5-8,10H2,1-4H3. The molecule has 8 nitrogen and oxygen atoms in total. The monoisotopic (exact) mass is 381 g/mol. The van der Waals surface area contributed by atoms with Crippen molar-refractivity contribution in [1.29, 1.82) is 0 Å². The molecular formula is C20H27N7O. The highest BCUT2D eigenvalue weighted by Gasteiger charge is 2.23. The third-order valence-electron chi connectivity index (χ3n) is 5.43. The van der Waals surface area contributed by atoms with Crippen molar-refractivity contribution >= 4 is 16.9 Å². The van der Waals surface area contributed by atoms with E-state index in [-0.39, 0.29) is 11.0 Å². The summed E-state index contributed by atoms with van der Waals surface area (Å²) in [6.07, 6.45) is 7.29. The van der Waals surface area contributed by atoms with Crippen LogP contribution in [-0.4, -0.2) is 42.4 Å². The fraction of sp³-hybridized carbons (Fsp3) is 0.550. The maximum atomic E-state index is 12.5. The molecule has 3 aromatic rings. The Hall–Kier alpha value is -2.77. The maximum Gasteiger partial charge on any atom is 0.253 e. The molecule has 3 aromatic heterocycles. The summed E-state index contributed by atoms with van der Waals surface area (Å²) in [6.45, 7) is 8.75. The van der Waals surface area contributed by atoms with Gasteiger partial charge in [0.1, 0.15) is 12.1 Å². The molecule has 1 aliphatic heterocycles. The van der Waals surface area contributed by atoms with Crippen molar-refractivity contribution in [2.75, 3.05) is 18.0 Å². The van der Waals surface area contributed by atoms with E-state index in [2.05, 4.69) is 45.7 Å². The molecule has 28 heavy (non-hydrogen) atoms. The number of aromatic nitrogens is 6. The smallest absolute Gasteiger partial charge is 0.253 e. The lowest BCUT2D eigenvalue weighted by Gasteiger charge is -2.33. The number of hydrogen-bond acceptors (Lipinski definition) is 6. The second-order valence-corrected chi connectivity index (χ2v) is 8.68. The summed E-state index contributed by atoms with van der Waals surface area (Å²) < 4.78 is 3.52. The fourth-order valence-corrected chi connectivity index (χ4v) is 3.77. The van der Waals surface area contributed by atoms with E-state index in [1.54, 1.807) is 28.0 Å². The molecule has 0 aliphatic carbocycles. The number of piperidine rings is 1. The first-order chi connectivity index (χ1) is 13.3. The van der Waals surface area contributed by atoms with Crippen molar-refractivity contribution < 1.29 is 0 Å². The van der Waals surface area contributed by atoms with Crippen LogP contribution in [0.5, 0.6) is 0 Å². The van der Waals surface area contributed by atoms with E-state index in [0.717, 1.165) is 55.0 Å². The molecule has 1 fully saturated rings. The van der Waals surface area contributed by atoms with Crippen LogP contribution >= 0.6 is 0 Å². The Balaban J connectivity index is 1.44. The Morgan fingerprint density at radius 3 is 2.57 bits per heavy atom. The molecule has 1 saturated heterocycles. The predicted octanol–water partition coefficient (Wildman–Crippen LogP) is 2.13. The summed E-state index contributed by atoms with van der Waals surface area (Å²) in [5.74, 6) is 1.41. The molecule has 4 rings (SSSR count). The fourth-order valence-electron chi connectivity index (χ4n) is 3.77. The average molecular weight is 381 g/mol. The summed E-state index contributed by atoms with van der Waals surface area (Å²) in [5.41, 5.74) is 1.49. The number of anilines is 1. The summed E-state index contributed by atoms with van der Waals surface area (Å²) in [7, 11) is 1.90. The molecule has 0 radical (unpaired) electrons. The number of rotatable bonds is 3. The zero-order chi connectivity index (χ0) is 19.9. The lowest BCUT2D eigenvalue weighted by molar-refractivity contribution is 0.349. The van der Waals surface area contributed by atoms with Crippen LogP contribution in [0, 0.1) is 5.92 Å². The Morgan fingerprint density at radius 1 is 1.14 bits per heavy atom. The number of hydrogen-bond donors (Lipinski definition) is 0. The molecule has 4 heterocycles. The van der Waals surface area contributed by atoms with Crippen LogP contribution in [0.1, 0.15) is 39.3 Å². The van der Waals surface area contributed by atoms with Gasteiger partial charge in [-0.15, -0.1) is 0 Å². The van der Waals surface area contributed by atoms with Gasteiger partial charge in [-0.25, -0.2) is 15.0 Å².